The smallest absolute Gasteiger partial charge is 0.247 e. The van der Waals surface area contributed by atoms with Crippen LogP contribution < -0.4 is 16.4 Å². The van der Waals surface area contributed by atoms with Gasteiger partial charge in [0.2, 0.25) is 17.8 Å². The van der Waals surface area contributed by atoms with Gasteiger partial charge < -0.3 is 21.1 Å². The number of nitrogen functional groups attached to an aromatic ring is 1. The van der Waals surface area contributed by atoms with E-state index in [9.17, 15) is 4.79 Å². The fraction of sp³-hybridized carbons (Fsp3) is 0.667. The highest BCUT2D eigenvalue weighted by molar-refractivity contribution is 5.95. The third-order valence-corrected chi connectivity index (χ3v) is 5.71. The Balaban J connectivity index is 1.35. The standard InChI is InChI=1S/C18H26N6O2/c1-3-13-21-15(19)23-16(22-13)20-9-18-7-17(8-18,10-26-18)24-14(25)12-6-4-5-11(12)2/h3-10H2,1-2H3,(H,24,25)(H3,19,20,21,22,23). The second-order valence-corrected chi connectivity index (χ2v) is 7.81. The van der Waals surface area contributed by atoms with E-state index in [2.05, 4.69) is 32.5 Å². The van der Waals surface area contributed by atoms with Gasteiger partial charge in [0.05, 0.1) is 17.7 Å². The summed E-state index contributed by atoms with van der Waals surface area (Å²) in [4.78, 5) is 25.1. The minimum Gasteiger partial charge on any atom is -0.371 e. The molecule has 0 unspecified atom stereocenters. The van der Waals surface area contributed by atoms with Gasteiger partial charge in [-0.1, -0.05) is 12.5 Å². The Labute approximate surface area is 153 Å². The largest absolute Gasteiger partial charge is 0.371 e. The molecule has 8 nitrogen and oxygen atoms in total. The predicted octanol–water partition coefficient (Wildman–Crippen LogP) is 1.35. The van der Waals surface area contributed by atoms with Crippen LogP contribution >= 0.6 is 0 Å². The number of aryl methyl sites for hydroxylation is 1. The summed E-state index contributed by atoms with van der Waals surface area (Å²) in [6.45, 7) is 5.19. The Kier molecular flexibility index (Phi) is 4.10. The fourth-order valence-electron chi connectivity index (χ4n) is 4.41. The molecule has 140 valence electrons. The van der Waals surface area contributed by atoms with E-state index in [1.54, 1.807) is 0 Å². The first-order chi connectivity index (χ1) is 12.4. The summed E-state index contributed by atoms with van der Waals surface area (Å²) < 4.78 is 6.02. The molecule has 2 saturated heterocycles. The van der Waals surface area contributed by atoms with Crippen molar-refractivity contribution in [3.63, 3.8) is 0 Å². The first kappa shape index (κ1) is 17.2. The Hall–Kier alpha value is -2.22. The van der Waals surface area contributed by atoms with Crippen molar-refractivity contribution in [2.75, 3.05) is 24.2 Å². The topological polar surface area (TPSA) is 115 Å². The average molecular weight is 358 g/mol. The quantitative estimate of drug-likeness (QED) is 0.703. The number of rotatable bonds is 6. The van der Waals surface area contributed by atoms with Gasteiger partial charge in [0.15, 0.2) is 0 Å². The van der Waals surface area contributed by atoms with E-state index in [1.165, 1.54) is 5.57 Å². The Morgan fingerprint density at radius 2 is 2.08 bits per heavy atom. The highest BCUT2D eigenvalue weighted by Gasteiger charge is 2.63. The number of carbonyl (C=O) groups is 1. The number of carbonyl (C=O) groups excluding carboxylic acids is 1. The first-order valence-electron chi connectivity index (χ1n) is 9.32. The Bertz CT molecular complexity index is 769. The van der Waals surface area contributed by atoms with Crippen molar-refractivity contribution in [2.45, 2.75) is 63.5 Å². The Morgan fingerprint density at radius 1 is 1.27 bits per heavy atom. The number of ether oxygens (including phenoxy) is 1. The molecule has 1 saturated carbocycles. The summed E-state index contributed by atoms with van der Waals surface area (Å²) in [5.74, 6) is 1.46. The van der Waals surface area contributed by atoms with E-state index >= 15 is 0 Å². The normalized spacial score (nSPS) is 29.6. The molecule has 5 rings (SSSR count). The second-order valence-electron chi connectivity index (χ2n) is 7.81. The minimum atomic E-state index is -0.264. The van der Waals surface area contributed by atoms with Crippen molar-refractivity contribution < 1.29 is 9.53 Å². The number of allylic oxidation sites excluding steroid dienone is 1. The zero-order valence-corrected chi connectivity index (χ0v) is 15.4. The van der Waals surface area contributed by atoms with Crippen LogP contribution in [0.5, 0.6) is 0 Å². The molecule has 2 bridgehead atoms. The van der Waals surface area contributed by atoms with Crippen molar-refractivity contribution >= 4 is 17.8 Å². The molecule has 0 radical (unpaired) electrons. The van der Waals surface area contributed by atoms with Crippen LogP contribution in [0.3, 0.4) is 0 Å². The summed E-state index contributed by atoms with van der Waals surface area (Å²) in [5.41, 5.74) is 7.43. The highest BCUT2D eigenvalue weighted by atomic mass is 16.5. The summed E-state index contributed by atoms with van der Waals surface area (Å²) in [6.07, 6.45) is 5.34. The van der Waals surface area contributed by atoms with Gasteiger partial charge in [-0.15, -0.1) is 0 Å². The van der Waals surface area contributed by atoms with Crippen LogP contribution in [0.15, 0.2) is 11.1 Å². The molecule has 1 aromatic rings. The highest BCUT2D eigenvalue weighted by Crippen LogP contribution is 2.51. The van der Waals surface area contributed by atoms with Crippen LogP contribution in [0, 0.1) is 0 Å². The van der Waals surface area contributed by atoms with E-state index in [1.807, 2.05) is 6.92 Å². The van der Waals surface area contributed by atoms with Gasteiger partial charge in [-0.2, -0.15) is 15.0 Å². The molecule has 0 atom stereocenters. The van der Waals surface area contributed by atoms with Gasteiger partial charge >= 0.3 is 0 Å². The lowest BCUT2D eigenvalue weighted by Gasteiger charge is -2.45. The molecule has 1 amide bonds. The number of fused-ring (bicyclic) bond motifs is 1. The summed E-state index contributed by atoms with van der Waals surface area (Å²) >= 11 is 0. The van der Waals surface area contributed by atoms with Crippen LogP contribution in [0.4, 0.5) is 11.9 Å². The number of hydrogen-bond acceptors (Lipinski definition) is 7. The number of aromatic nitrogens is 3. The maximum atomic E-state index is 12.6. The van der Waals surface area contributed by atoms with Crippen molar-refractivity contribution in [3.8, 4) is 0 Å². The number of nitrogens with zero attached hydrogens (tertiary/aromatic N) is 3. The first-order valence-corrected chi connectivity index (χ1v) is 9.32. The van der Waals surface area contributed by atoms with Crippen LogP contribution in [0.1, 0.15) is 51.8 Å². The van der Waals surface area contributed by atoms with E-state index in [0.717, 1.165) is 37.7 Å². The maximum absolute atomic E-state index is 12.6. The van der Waals surface area contributed by atoms with Crippen LogP contribution in [0.2, 0.25) is 0 Å². The molecule has 4 aliphatic rings. The van der Waals surface area contributed by atoms with E-state index < -0.39 is 0 Å². The number of hydrogen-bond donors (Lipinski definition) is 3. The summed E-state index contributed by atoms with van der Waals surface area (Å²) in [5, 5.41) is 6.46. The van der Waals surface area contributed by atoms with Gasteiger partial charge in [-0.3, -0.25) is 4.79 Å². The van der Waals surface area contributed by atoms with Crippen LogP contribution in [0.25, 0.3) is 0 Å². The molecule has 3 heterocycles. The predicted molar refractivity (Wildman–Crippen MR) is 97.4 cm³/mol. The molecule has 3 fully saturated rings. The lowest BCUT2D eigenvalue weighted by atomic mass is 9.68. The lowest BCUT2D eigenvalue weighted by Crippen LogP contribution is -2.61. The van der Waals surface area contributed by atoms with Gasteiger partial charge in [0, 0.05) is 31.4 Å². The lowest BCUT2D eigenvalue weighted by molar-refractivity contribution is -0.120. The molecule has 2 aliphatic carbocycles. The number of anilines is 2. The second kappa shape index (κ2) is 6.19. The van der Waals surface area contributed by atoms with Gasteiger partial charge in [-0.05, 0) is 26.2 Å². The summed E-state index contributed by atoms with van der Waals surface area (Å²) in [6, 6.07) is 0. The number of amides is 1. The number of nitrogens with two attached hydrogens (primary N) is 1. The van der Waals surface area contributed by atoms with E-state index in [0.29, 0.717) is 31.3 Å². The van der Waals surface area contributed by atoms with E-state index in [-0.39, 0.29) is 23.0 Å². The Morgan fingerprint density at radius 3 is 2.77 bits per heavy atom. The minimum absolute atomic E-state index is 0.0879. The molecule has 1 aromatic heterocycles. The average Bonchev–Trinajstić information content (AvgIpc) is 3.25. The molecule has 0 aromatic carbocycles. The zero-order valence-electron chi connectivity index (χ0n) is 15.4. The molecule has 4 N–H and O–H groups in total. The van der Waals surface area contributed by atoms with Crippen molar-refractivity contribution in [2.24, 2.45) is 0 Å². The maximum Gasteiger partial charge on any atom is 0.247 e. The van der Waals surface area contributed by atoms with Crippen LogP contribution in [-0.2, 0) is 16.0 Å². The molecular weight excluding hydrogens is 332 g/mol. The molecule has 2 aliphatic heterocycles. The van der Waals surface area contributed by atoms with Gasteiger partial charge in [0.25, 0.3) is 0 Å². The molecular formula is C18H26N6O2. The number of nitrogens with one attached hydrogen (secondary N) is 2. The summed E-state index contributed by atoms with van der Waals surface area (Å²) in [7, 11) is 0. The third kappa shape index (κ3) is 3.02. The SMILES string of the molecule is CCc1nc(N)nc(NCC23CC(NC(=O)C4=C(C)CCC4)(CO2)C3)n1. The van der Waals surface area contributed by atoms with Crippen molar-refractivity contribution in [3.05, 3.63) is 17.0 Å². The molecule has 26 heavy (non-hydrogen) atoms. The third-order valence-electron chi connectivity index (χ3n) is 5.71. The fourth-order valence-corrected chi connectivity index (χ4v) is 4.41. The van der Waals surface area contributed by atoms with Gasteiger partial charge in [-0.25, -0.2) is 0 Å². The van der Waals surface area contributed by atoms with Crippen LogP contribution in [-0.4, -0.2) is 45.2 Å². The molecule has 8 heteroatoms. The van der Waals surface area contributed by atoms with Crippen molar-refractivity contribution in [1.29, 1.82) is 0 Å². The van der Waals surface area contributed by atoms with E-state index in [4.69, 9.17) is 10.5 Å². The molecule has 0 spiro atoms. The van der Waals surface area contributed by atoms with Gasteiger partial charge in [0.1, 0.15) is 5.82 Å². The van der Waals surface area contributed by atoms with Crippen molar-refractivity contribution in [1.82, 2.24) is 20.3 Å². The monoisotopic (exact) mass is 358 g/mol. The zero-order chi connectivity index (χ0) is 18.4.